The Bertz CT molecular complexity index is 531. The standard InChI is InChI=1S/C14H15F4IN2/c1-9(13(15)6-4-11(19-20)5-7-13)10-2-3-12(21-8-10)14(16,17)18/h2-3,8,11,20H,1,4-7H2. The first kappa shape index (κ1) is 16.5. The summed E-state index contributed by atoms with van der Waals surface area (Å²) in [6, 6.07) is 2.08. The molecule has 0 radical (unpaired) electrons. The highest BCUT2D eigenvalue weighted by molar-refractivity contribution is 14.1. The third-order valence-corrected chi connectivity index (χ3v) is 5.93. The Morgan fingerprint density at radius 1 is 1.33 bits per heavy atom. The summed E-state index contributed by atoms with van der Waals surface area (Å²) in [5.41, 5.74) is -2.07. The van der Waals surface area contributed by atoms with Gasteiger partial charge in [0.25, 0.3) is 0 Å². The number of hydrogen-bond donors (Lipinski definition) is 1. The second-order valence-electron chi connectivity index (χ2n) is 5.16. The second-order valence-corrected chi connectivity index (χ2v) is 7.54. The fourth-order valence-corrected chi connectivity index (χ4v) is 3.70. The van der Waals surface area contributed by atoms with Crippen LogP contribution in [0.3, 0.4) is 0 Å². The number of halogens is 5. The second kappa shape index (κ2) is 6.10. The van der Waals surface area contributed by atoms with E-state index in [2.05, 4.69) is 11.6 Å². The number of pyridine rings is 1. The van der Waals surface area contributed by atoms with Gasteiger partial charge in [0.15, 0.2) is 0 Å². The average Bonchev–Trinajstić information content (AvgIpc) is 2.46. The van der Waals surface area contributed by atoms with E-state index in [1.807, 2.05) is 0 Å². The van der Waals surface area contributed by atoms with Crippen molar-refractivity contribution >= 4 is 26.6 Å². The SMILES string of the molecule is C=C(c1ccc(C(F)(F)F)nc1)C1(F)CCC(I=N)CC1. The van der Waals surface area contributed by atoms with Gasteiger partial charge in [0.1, 0.15) is 11.4 Å². The van der Waals surface area contributed by atoms with Gasteiger partial charge in [0.05, 0.1) is 0 Å². The molecule has 1 N–H and O–H groups in total. The van der Waals surface area contributed by atoms with Gasteiger partial charge in [-0.1, -0.05) is 12.6 Å². The van der Waals surface area contributed by atoms with Crippen LogP contribution in [0.4, 0.5) is 17.6 Å². The zero-order valence-electron chi connectivity index (χ0n) is 11.2. The summed E-state index contributed by atoms with van der Waals surface area (Å²) < 4.78 is 60.0. The summed E-state index contributed by atoms with van der Waals surface area (Å²) in [4.78, 5) is 3.35. The first-order valence-corrected chi connectivity index (χ1v) is 8.80. The summed E-state index contributed by atoms with van der Waals surface area (Å²) in [6.45, 7) is 3.73. The molecule has 0 amide bonds. The van der Waals surface area contributed by atoms with E-state index in [4.69, 9.17) is 3.56 Å². The van der Waals surface area contributed by atoms with E-state index >= 15 is 0 Å². The van der Waals surface area contributed by atoms with Crippen molar-refractivity contribution in [3.05, 3.63) is 36.2 Å². The van der Waals surface area contributed by atoms with Gasteiger partial charge in [-0.3, -0.25) is 8.55 Å². The van der Waals surface area contributed by atoms with E-state index in [1.54, 1.807) is 0 Å². The van der Waals surface area contributed by atoms with Gasteiger partial charge in [0, 0.05) is 10.1 Å². The lowest BCUT2D eigenvalue weighted by molar-refractivity contribution is -0.141. The molecule has 1 heterocycles. The maximum Gasteiger partial charge on any atom is 0.433 e. The Balaban J connectivity index is 2.15. The monoisotopic (exact) mass is 414 g/mol. The predicted molar refractivity (Wildman–Crippen MR) is 81.1 cm³/mol. The van der Waals surface area contributed by atoms with Crippen LogP contribution in [0.1, 0.15) is 36.9 Å². The van der Waals surface area contributed by atoms with Crippen LogP contribution in [0.15, 0.2) is 24.9 Å². The van der Waals surface area contributed by atoms with Gasteiger partial charge < -0.3 is 0 Å². The Morgan fingerprint density at radius 3 is 2.38 bits per heavy atom. The van der Waals surface area contributed by atoms with Crippen LogP contribution in [0, 0.1) is 3.56 Å². The van der Waals surface area contributed by atoms with Gasteiger partial charge >= 0.3 is 6.18 Å². The highest BCUT2D eigenvalue weighted by Crippen LogP contribution is 2.44. The van der Waals surface area contributed by atoms with E-state index < -0.39 is 38.6 Å². The van der Waals surface area contributed by atoms with Crippen molar-refractivity contribution in [2.75, 3.05) is 0 Å². The summed E-state index contributed by atoms with van der Waals surface area (Å²) >= 11 is -0.632. The molecule has 116 valence electrons. The van der Waals surface area contributed by atoms with Crippen LogP contribution >= 0.6 is 21.0 Å². The number of nitrogens with zero attached hydrogens (tertiary/aromatic N) is 1. The van der Waals surface area contributed by atoms with Crippen LogP contribution in [-0.4, -0.2) is 14.6 Å². The van der Waals surface area contributed by atoms with Crippen molar-refractivity contribution in [3.63, 3.8) is 0 Å². The number of alkyl halides is 5. The molecule has 1 aliphatic rings. The Labute approximate surface area is 130 Å². The third-order valence-electron chi connectivity index (χ3n) is 3.81. The van der Waals surface area contributed by atoms with Gasteiger partial charge in [0.2, 0.25) is 0 Å². The van der Waals surface area contributed by atoms with Crippen molar-refractivity contribution in [3.8, 4) is 0 Å². The molecule has 21 heavy (non-hydrogen) atoms. The maximum absolute atomic E-state index is 14.9. The van der Waals surface area contributed by atoms with Crippen LogP contribution in [-0.2, 0) is 6.18 Å². The molecule has 2 nitrogen and oxygen atoms in total. The van der Waals surface area contributed by atoms with Crippen LogP contribution in [0.25, 0.3) is 5.57 Å². The zero-order chi connectivity index (χ0) is 15.7. The van der Waals surface area contributed by atoms with Crippen LogP contribution in [0.5, 0.6) is 0 Å². The fourth-order valence-electron chi connectivity index (χ4n) is 2.45. The van der Waals surface area contributed by atoms with Gasteiger partial charge in [-0.15, -0.1) is 0 Å². The predicted octanol–water partition coefficient (Wildman–Crippen LogP) is 5.50. The molecule has 1 fully saturated rings. The summed E-state index contributed by atoms with van der Waals surface area (Å²) in [5.74, 6) is 0. The zero-order valence-corrected chi connectivity index (χ0v) is 13.3. The molecule has 0 atom stereocenters. The molecule has 0 unspecified atom stereocenters. The number of hydrogen-bond acceptors (Lipinski definition) is 2. The fraction of sp³-hybridized carbons (Fsp3) is 0.500. The third kappa shape index (κ3) is 3.67. The molecule has 1 aromatic heterocycles. The average molecular weight is 414 g/mol. The lowest BCUT2D eigenvalue weighted by Crippen LogP contribution is -2.31. The van der Waals surface area contributed by atoms with Crippen molar-refractivity contribution < 1.29 is 17.6 Å². The van der Waals surface area contributed by atoms with Crippen molar-refractivity contribution in [1.82, 2.24) is 4.98 Å². The lowest BCUT2D eigenvalue weighted by Gasteiger charge is -2.33. The minimum Gasteiger partial charge on any atom is -0.278 e. The first-order valence-electron chi connectivity index (χ1n) is 6.47. The lowest BCUT2D eigenvalue weighted by atomic mass is 9.79. The van der Waals surface area contributed by atoms with Crippen molar-refractivity contribution in [2.24, 2.45) is 0 Å². The number of nitrogens with one attached hydrogen (secondary N) is 1. The quantitative estimate of drug-likeness (QED) is 0.396. The molecule has 0 aromatic carbocycles. The normalized spacial score (nSPS) is 26.6. The molecular formula is C14H15F4IN2. The highest BCUT2D eigenvalue weighted by Gasteiger charge is 2.38. The number of allylic oxidation sites excluding steroid dienone is 1. The summed E-state index contributed by atoms with van der Waals surface area (Å²) in [5, 5.41) is 0. The highest BCUT2D eigenvalue weighted by atomic mass is 127. The van der Waals surface area contributed by atoms with Crippen LogP contribution in [0.2, 0.25) is 0 Å². The smallest absolute Gasteiger partial charge is 0.278 e. The molecule has 1 aliphatic carbocycles. The largest absolute Gasteiger partial charge is 0.433 e. The van der Waals surface area contributed by atoms with Crippen molar-refractivity contribution in [1.29, 1.82) is 3.56 Å². The van der Waals surface area contributed by atoms with Gasteiger partial charge in [-0.05, 0) is 63.9 Å². The summed E-state index contributed by atoms with van der Waals surface area (Å²) in [7, 11) is 0. The molecule has 1 aromatic rings. The molecule has 1 saturated carbocycles. The first-order chi connectivity index (χ1) is 9.76. The van der Waals surface area contributed by atoms with E-state index in [0.717, 1.165) is 12.3 Å². The minimum atomic E-state index is -4.50. The van der Waals surface area contributed by atoms with Crippen molar-refractivity contribution in [2.45, 2.75) is 41.5 Å². The molecule has 0 bridgehead atoms. The molecule has 0 aliphatic heterocycles. The van der Waals surface area contributed by atoms with Gasteiger partial charge in [-0.2, -0.15) is 13.2 Å². The van der Waals surface area contributed by atoms with E-state index in [-0.39, 0.29) is 18.4 Å². The number of rotatable bonds is 3. The molecule has 0 spiro atoms. The minimum absolute atomic E-state index is 0.199. The van der Waals surface area contributed by atoms with E-state index in [9.17, 15) is 17.6 Å². The molecule has 2 rings (SSSR count). The molecular weight excluding hydrogens is 399 g/mol. The maximum atomic E-state index is 14.9. The van der Waals surface area contributed by atoms with E-state index in [0.29, 0.717) is 22.3 Å². The molecule has 7 heteroatoms. The van der Waals surface area contributed by atoms with Crippen LogP contribution < -0.4 is 0 Å². The Morgan fingerprint density at radius 2 is 1.95 bits per heavy atom. The molecule has 0 saturated heterocycles. The van der Waals surface area contributed by atoms with E-state index in [1.165, 1.54) is 6.07 Å². The Kier molecular flexibility index (Phi) is 4.79. The van der Waals surface area contributed by atoms with Gasteiger partial charge in [-0.25, -0.2) is 4.39 Å². The number of aromatic nitrogens is 1. The Hall–Kier alpha value is -0.860. The topological polar surface area (TPSA) is 36.7 Å². The summed E-state index contributed by atoms with van der Waals surface area (Å²) in [6.07, 6.45) is -1.58.